The summed E-state index contributed by atoms with van der Waals surface area (Å²) in [6.45, 7) is 5.56. The second-order valence-corrected chi connectivity index (χ2v) is 14.1. The van der Waals surface area contributed by atoms with E-state index in [1.165, 1.54) is 141 Å². The minimum atomic E-state index is 0.0221. The Kier molecular flexibility index (Phi) is 37.5. The van der Waals surface area contributed by atoms with Crippen molar-refractivity contribution < 1.29 is 9.53 Å². The Bertz CT molecular complexity index is 702. The Hall–Kier alpha value is -1.61. The van der Waals surface area contributed by atoms with Crippen molar-refractivity contribution in [3.63, 3.8) is 0 Å². The quantitative estimate of drug-likeness (QED) is 0.0382. The monoisotopic (exact) mass is 656 g/mol. The molecule has 3 nitrogen and oxygen atoms in total. The van der Waals surface area contributed by atoms with Gasteiger partial charge in [-0.05, 0) is 123 Å². The molecule has 0 aromatic heterocycles. The first-order valence-electron chi connectivity index (χ1n) is 20.5. The van der Waals surface area contributed by atoms with E-state index in [1.807, 2.05) is 0 Å². The van der Waals surface area contributed by atoms with Gasteiger partial charge in [0.2, 0.25) is 0 Å². The van der Waals surface area contributed by atoms with Crippen LogP contribution in [-0.2, 0) is 9.53 Å². The summed E-state index contributed by atoms with van der Waals surface area (Å²) in [7, 11) is 4.18. The highest BCUT2D eigenvalue weighted by atomic mass is 16.5. The van der Waals surface area contributed by atoms with E-state index in [0.717, 1.165) is 45.1 Å². The fourth-order valence-corrected chi connectivity index (χ4v) is 5.92. The molecule has 0 bridgehead atoms. The standard InChI is InChI=1S/C44H81NO2/c1-5-7-9-11-13-15-17-19-21-23-25-27-29-31-33-35-39-43(47-44(46)41-37-38-42-45(3)4)40-36-34-32-30-28-26-24-22-20-18-16-14-12-10-8-6-2/h13-16,19-22,43H,5-12,17-18,23-42H2,1-4H3/b15-13-,16-14?,21-19?,22-20?. The number of unbranched alkanes of at least 4 members (excludes halogenated alkanes) is 19. The zero-order chi connectivity index (χ0) is 34.3. The van der Waals surface area contributed by atoms with Crippen LogP contribution in [0.15, 0.2) is 48.6 Å². The van der Waals surface area contributed by atoms with Gasteiger partial charge in [0.1, 0.15) is 6.10 Å². The van der Waals surface area contributed by atoms with Gasteiger partial charge < -0.3 is 9.64 Å². The highest BCUT2D eigenvalue weighted by Crippen LogP contribution is 2.18. The summed E-state index contributed by atoms with van der Waals surface area (Å²) in [6.07, 6.45) is 53.9. The maximum Gasteiger partial charge on any atom is 0.306 e. The van der Waals surface area contributed by atoms with Gasteiger partial charge in [-0.3, -0.25) is 4.79 Å². The van der Waals surface area contributed by atoms with Crippen molar-refractivity contribution in [3.8, 4) is 0 Å². The van der Waals surface area contributed by atoms with Gasteiger partial charge in [0.05, 0.1) is 0 Å². The number of carbonyl (C=O) groups excluding carboxylic acids is 1. The van der Waals surface area contributed by atoms with Gasteiger partial charge >= 0.3 is 5.97 Å². The first-order chi connectivity index (χ1) is 23.1. The molecule has 0 amide bonds. The van der Waals surface area contributed by atoms with Crippen LogP contribution in [0.4, 0.5) is 0 Å². The molecular formula is C44H81NO2. The predicted molar refractivity (Wildman–Crippen MR) is 210 cm³/mol. The van der Waals surface area contributed by atoms with Crippen LogP contribution in [0.5, 0.6) is 0 Å². The number of allylic oxidation sites excluding steroid dienone is 8. The van der Waals surface area contributed by atoms with Gasteiger partial charge in [-0.15, -0.1) is 0 Å². The Labute approximate surface area is 295 Å². The Morgan fingerprint density at radius 1 is 0.489 bits per heavy atom. The smallest absolute Gasteiger partial charge is 0.306 e. The van der Waals surface area contributed by atoms with E-state index < -0.39 is 0 Å². The highest BCUT2D eigenvalue weighted by Gasteiger charge is 2.14. The molecule has 0 N–H and O–H groups in total. The van der Waals surface area contributed by atoms with Gasteiger partial charge in [0.15, 0.2) is 0 Å². The Morgan fingerprint density at radius 3 is 1.28 bits per heavy atom. The van der Waals surface area contributed by atoms with E-state index in [-0.39, 0.29) is 12.1 Å². The largest absolute Gasteiger partial charge is 0.462 e. The summed E-state index contributed by atoms with van der Waals surface area (Å²) in [4.78, 5) is 14.8. The van der Waals surface area contributed by atoms with Gasteiger partial charge in [0.25, 0.3) is 0 Å². The Morgan fingerprint density at radius 2 is 0.872 bits per heavy atom. The third-order valence-corrected chi connectivity index (χ3v) is 8.99. The summed E-state index contributed by atoms with van der Waals surface area (Å²) in [5, 5.41) is 0. The normalized spacial score (nSPS) is 13.0. The molecule has 0 saturated carbocycles. The molecule has 0 aliphatic heterocycles. The molecule has 0 radical (unpaired) electrons. The van der Waals surface area contributed by atoms with E-state index in [0.29, 0.717) is 6.42 Å². The highest BCUT2D eigenvalue weighted by molar-refractivity contribution is 5.69. The summed E-state index contributed by atoms with van der Waals surface area (Å²) >= 11 is 0. The predicted octanol–water partition coefficient (Wildman–Crippen LogP) is 14.0. The molecule has 0 rings (SSSR count). The van der Waals surface area contributed by atoms with Crippen LogP contribution < -0.4 is 0 Å². The van der Waals surface area contributed by atoms with Gasteiger partial charge in [-0.1, -0.05) is 140 Å². The van der Waals surface area contributed by atoms with Gasteiger partial charge in [0, 0.05) is 6.42 Å². The molecule has 0 fully saturated rings. The number of esters is 1. The third kappa shape index (κ3) is 38.7. The molecule has 0 aliphatic carbocycles. The first kappa shape index (κ1) is 45.4. The molecule has 0 saturated heterocycles. The maximum atomic E-state index is 12.6. The Balaban J connectivity index is 4.06. The van der Waals surface area contributed by atoms with Gasteiger partial charge in [-0.25, -0.2) is 0 Å². The lowest BCUT2D eigenvalue weighted by atomic mass is 10.0. The lowest BCUT2D eigenvalue weighted by Crippen LogP contribution is -2.19. The summed E-state index contributed by atoms with van der Waals surface area (Å²) in [5.41, 5.74) is 0. The zero-order valence-corrected chi connectivity index (χ0v) is 32.2. The van der Waals surface area contributed by atoms with Crippen molar-refractivity contribution >= 4 is 5.97 Å². The molecule has 1 unspecified atom stereocenters. The minimum absolute atomic E-state index is 0.0221. The van der Waals surface area contributed by atoms with Crippen LogP contribution in [0, 0.1) is 0 Å². The number of carbonyl (C=O) groups is 1. The summed E-state index contributed by atoms with van der Waals surface area (Å²) in [6, 6.07) is 0. The van der Waals surface area contributed by atoms with E-state index >= 15 is 0 Å². The van der Waals surface area contributed by atoms with E-state index in [9.17, 15) is 4.79 Å². The molecule has 47 heavy (non-hydrogen) atoms. The minimum Gasteiger partial charge on any atom is -0.462 e. The van der Waals surface area contributed by atoms with Crippen LogP contribution in [0.3, 0.4) is 0 Å². The van der Waals surface area contributed by atoms with Crippen LogP contribution in [0.25, 0.3) is 0 Å². The molecule has 274 valence electrons. The van der Waals surface area contributed by atoms with E-state index in [4.69, 9.17) is 4.74 Å². The number of nitrogens with zero attached hydrogens (tertiary/aromatic N) is 1. The lowest BCUT2D eigenvalue weighted by molar-refractivity contribution is -0.150. The SMILES string of the molecule is CCCCCC=CCC=CCCCCCCCCC(CCCCCCCCC=CC/C=C\CCCCC)OC(=O)CCCCN(C)C. The van der Waals surface area contributed by atoms with Gasteiger partial charge in [-0.2, -0.15) is 0 Å². The zero-order valence-electron chi connectivity index (χ0n) is 32.2. The average Bonchev–Trinajstić information content (AvgIpc) is 3.06. The molecule has 0 aromatic rings. The molecule has 0 heterocycles. The van der Waals surface area contributed by atoms with Crippen LogP contribution >= 0.6 is 0 Å². The van der Waals surface area contributed by atoms with Crippen molar-refractivity contribution in [2.75, 3.05) is 20.6 Å². The number of rotatable bonds is 36. The second-order valence-electron chi connectivity index (χ2n) is 14.1. The van der Waals surface area contributed by atoms with Crippen molar-refractivity contribution in [1.82, 2.24) is 4.90 Å². The van der Waals surface area contributed by atoms with Crippen molar-refractivity contribution in [2.24, 2.45) is 0 Å². The maximum absolute atomic E-state index is 12.6. The van der Waals surface area contributed by atoms with Crippen molar-refractivity contribution in [2.45, 2.75) is 206 Å². The van der Waals surface area contributed by atoms with E-state index in [2.05, 4.69) is 81.5 Å². The molecule has 0 aromatic carbocycles. The molecule has 1 atom stereocenters. The number of ether oxygens (including phenoxy) is 1. The van der Waals surface area contributed by atoms with Crippen molar-refractivity contribution in [1.29, 1.82) is 0 Å². The topological polar surface area (TPSA) is 29.5 Å². The number of hydrogen-bond donors (Lipinski definition) is 0. The molecule has 3 heteroatoms. The van der Waals surface area contributed by atoms with Crippen LogP contribution in [-0.4, -0.2) is 37.6 Å². The number of hydrogen-bond acceptors (Lipinski definition) is 3. The fraction of sp³-hybridized carbons (Fsp3) is 0.795. The average molecular weight is 656 g/mol. The molecule has 0 aliphatic rings. The first-order valence-corrected chi connectivity index (χ1v) is 20.5. The van der Waals surface area contributed by atoms with Crippen LogP contribution in [0.1, 0.15) is 200 Å². The van der Waals surface area contributed by atoms with Crippen molar-refractivity contribution in [3.05, 3.63) is 48.6 Å². The second kappa shape index (κ2) is 38.8. The lowest BCUT2D eigenvalue weighted by Gasteiger charge is -2.18. The molecule has 0 spiro atoms. The summed E-state index contributed by atoms with van der Waals surface area (Å²) in [5.74, 6) is 0.0221. The summed E-state index contributed by atoms with van der Waals surface area (Å²) < 4.78 is 6.03. The fourth-order valence-electron chi connectivity index (χ4n) is 5.92. The van der Waals surface area contributed by atoms with E-state index in [1.54, 1.807) is 0 Å². The van der Waals surface area contributed by atoms with Crippen LogP contribution in [0.2, 0.25) is 0 Å². The third-order valence-electron chi connectivity index (χ3n) is 8.99. The molecular weight excluding hydrogens is 574 g/mol.